The van der Waals surface area contributed by atoms with Crippen LogP contribution in [0.1, 0.15) is 12.8 Å². The van der Waals surface area contributed by atoms with Gasteiger partial charge in [0.2, 0.25) is 5.91 Å². The topological polar surface area (TPSA) is 29.1 Å². The number of amides is 1. The van der Waals surface area contributed by atoms with E-state index in [1.165, 1.54) is 4.90 Å². The molecule has 1 spiro atoms. The van der Waals surface area contributed by atoms with Crippen LogP contribution in [-0.4, -0.2) is 11.7 Å². The number of carbonyl (C=O) groups excluding carboxylic acids is 1. The normalized spacial score (nSPS) is 21.8. The molecule has 1 aromatic carbocycles. The van der Waals surface area contributed by atoms with Crippen LogP contribution in [0.5, 0.6) is 0 Å². The van der Waals surface area contributed by atoms with Crippen LogP contribution in [0.2, 0.25) is 0 Å². The Bertz CT molecular complexity index is 442. The molecule has 0 saturated heterocycles. The Balaban J connectivity index is 2.00. The van der Waals surface area contributed by atoms with Crippen molar-refractivity contribution in [1.82, 2.24) is 0 Å². The summed E-state index contributed by atoms with van der Waals surface area (Å²) in [6.45, 7) is 0. The molecule has 1 heterocycles. The summed E-state index contributed by atoms with van der Waals surface area (Å²) in [5, 5.41) is 3.02. The van der Waals surface area contributed by atoms with Crippen molar-refractivity contribution < 1.29 is 4.79 Å². The van der Waals surface area contributed by atoms with Gasteiger partial charge in [0.25, 0.3) is 0 Å². The number of fused-ring (bicyclic) bond motifs is 1. The van der Waals surface area contributed by atoms with Crippen LogP contribution in [0.4, 0.5) is 5.69 Å². The third-order valence-corrected chi connectivity index (χ3v) is 4.87. The van der Waals surface area contributed by atoms with Crippen molar-refractivity contribution in [3.63, 3.8) is 0 Å². The Labute approximate surface area is 101 Å². The highest BCUT2D eigenvalue weighted by molar-refractivity contribution is 9.10. The molecule has 4 heteroatoms. The number of nitrogens with one attached hydrogen (secondary N) is 1. The van der Waals surface area contributed by atoms with Crippen LogP contribution in [0.15, 0.2) is 27.6 Å². The maximum Gasteiger partial charge on any atom is 0.231 e. The fourth-order valence-electron chi connectivity index (χ4n) is 1.78. The molecule has 1 aliphatic carbocycles. The molecule has 1 aromatic rings. The predicted molar refractivity (Wildman–Crippen MR) is 65.2 cm³/mol. The number of hydrogen-bond acceptors (Lipinski definition) is 2. The minimum atomic E-state index is -0.0594. The van der Waals surface area contributed by atoms with E-state index in [1.807, 2.05) is 12.1 Å². The molecule has 1 amide bonds. The number of thioether (sulfide) groups is 1. The van der Waals surface area contributed by atoms with E-state index in [0.717, 1.165) is 28.8 Å². The van der Waals surface area contributed by atoms with Gasteiger partial charge in [-0.2, -0.15) is 0 Å². The Morgan fingerprint density at radius 2 is 2.20 bits per heavy atom. The molecule has 2 aliphatic rings. The SMILES string of the molecule is O=C1Nc2ccc(Br)cc2SCC12CC2. The highest BCUT2D eigenvalue weighted by Crippen LogP contribution is 2.52. The van der Waals surface area contributed by atoms with E-state index in [1.54, 1.807) is 11.8 Å². The first-order valence-corrected chi connectivity index (χ1v) is 6.71. The number of halogens is 1. The van der Waals surface area contributed by atoms with Gasteiger partial charge in [0.1, 0.15) is 0 Å². The smallest absolute Gasteiger partial charge is 0.231 e. The lowest BCUT2D eigenvalue weighted by Crippen LogP contribution is -2.24. The van der Waals surface area contributed by atoms with Crippen LogP contribution in [0.3, 0.4) is 0 Å². The van der Waals surface area contributed by atoms with Gasteiger partial charge in [-0.25, -0.2) is 0 Å². The van der Waals surface area contributed by atoms with E-state index >= 15 is 0 Å². The molecule has 2 nitrogen and oxygen atoms in total. The number of hydrogen-bond donors (Lipinski definition) is 1. The largest absolute Gasteiger partial charge is 0.325 e. The minimum Gasteiger partial charge on any atom is -0.325 e. The molecule has 3 rings (SSSR count). The lowest BCUT2D eigenvalue weighted by molar-refractivity contribution is -0.120. The average molecular weight is 284 g/mol. The average Bonchev–Trinajstić information content (AvgIpc) is 3.00. The monoisotopic (exact) mass is 283 g/mol. The summed E-state index contributed by atoms with van der Waals surface area (Å²) >= 11 is 5.23. The van der Waals surface area contributed by atoms with Crippen molar-refractivity contribution in [2.45, 2.75) is 17.7 Å². The molecular weight excluding hydrogens is 274 g/mol. The van der Waals surface area contributed by atoms with Crippen molar-refractivity contribution in [2.75, 3.05) is 11.1 Å². The van der Waals surface area contributed by atoms with Crippen molar-refractivity contribution in [3.8, 4) is 0 Å². The zero-order valence-corrected chi connectivity index (χ0v) is 10.5. The maximum absolute atomic E-state index is 11.9. The van der Waals surface area contributed by atoms with E-state index < -0.39 is 0 Å². The minimum absolute atomic E-state index is 0.0594. The molecule has 0 aromatic heterocycles. The molecule has 1 fully saturated rings. The van der Waals surface area contributed by atoms with Crippen LogP contribution >= 0.6 is 27.7 Å². The summed E-state index contributed by atoms with van der Waals surface area (Å²) in [7, 11) is 0. The highest BCUT2D eigenvalue weighted by Gasteiger charge is 2.50. The summed E-state index contributed by atoms with van der Waals surface area (Å²) in [6, 6.07) is 6.00. The van der Waals surface area contributed by atoms with E-state index in [2.05, 4.69) is 27.3 Å². The first-order chi connectivity index (χ1) is 7.20. The molecule has 0 radical (unpaired) electrons. The predicted octanol–water partition coefficient (Wildman–Crippen LogP) is 3.27. The first-order valence-electron chi connectivity index (χ1n) is 4.93. The van der Waals surface area contributed by atoms with E-state index in [9.17, 15) is 4.79 Å². The second-order valence-corrected chi connectivity index (χ2v) is 6.10. The fourth-order valence-corrected chi connectivity index (χ4v) is 3.63. The highest BCUT2D eigenvalue weighted by atomic mass is 79.9. The van der Waals surface area contributed by atoms with Crippen molar-refractivity contribution in [1.29, 1.82) is 0 Å². The van der Waals surface area contributed by atoms with E-state index in [4.69, 9.17) is 0 Å². The van der Waals surface area contributed by atoms with E-state index in [-0.39, 0.29) is 11.3 Å². The van der Waals surface area contributed by atoms with Gasteiger partial charge in [-0.15, -0.1) is 11.8 Å². The number of anilines is 1. The summed E-state index contributed by atoms with van der Waals surface area (Å²) in [5.41, 5.74) is 0.896. The van der Waals surface area contributed by atoms with Gasteiger partial charge in [-0.3, -0.25) is 4.79 Å². The zero-order valence-electron chi connectivity index (χ0n) is 8.05. The zero-order chi connectivity index (χ0) is 10.5. The summed E-state index contributed by atoms with van der Waals surface area (Å²) in [6.07, 6.45) is 2.09. The molecule has 0 bridgehead atoms. The van der Waals surface area contributed by atoms with Gasteiger partial charge < -0.3 is 5.32 Å². The van der Waals surface area contributed by atoms with E-state index in [0.29, 0.717) is 0 Å². The standard InChI is InChI=1S/C11H10BrNOS/c12-7-1-2-8-9(5-7)15-6-11(3-4-11)10(14)13-8/h1-2,5H,3-4,6H2,(H,13,14). The Morgan fingerprint density at radius 1 is 1.40 bits per heavy atom. The molecule has 15 heavy (non-hydrogen) atoms. The van der Waals surface area contributed by atoms with Crippen molar-refractivity contribution >= 4 is 39.3 Å². The number of carbonyl (C=O) groups is 1. The van der Waals surface area contributed by atoms with Gasteiger partial charge >= 0.3 is 0 Å². The quantitative estimate of drug-likeness (QED) is 0.792. The lowest BCUT2D eigenvalue weighted by atomic mass is 10.1. The molecular formula is C11H10BrNOS. The van der Waals surface area contributed by atoms with Crippen LogP contribution < -0.4 is 5.32 Å². The first kappa shape index (κ1) is 9.73. The molecule has 1 aliphatic heterocycles. The second kappa shape index (κ2) is 3.25. The second-order valence-electron chi connectivity index (χ2n) is 4.16. The van der Waals surface area contributed by atoms with Gasteiger partial charge in [0, 0.05) is 15.1 Å². The fraction of sp³-hybridized carbons (Fsp3) is 0.364. The maximum atomic E-state index is 11.9. The molecule has 0 atom stereocenters. The molecule has 1 saturated carbocycles. The Kier molecular flexibility index (Phi) is 2.11. The Morgan fingerprint density at radius 3 is 2.93 bits per heavy atom. The van der Waals surface area contributed by atoms with Crippen LogP contribution in [0.25, 0.3) is 0 Å². The number of rotatable bonds is 0. The molecule has 78 valence electrons. The number of benzene rings is 1. The molecule has 1 N–H and O–H groups in total. The lowest BCUT2D eigenvalue weighted by Gasteiger charge is -2.08. The van der Waals surface area contributed by atoms with Gasteiger partial charge in [0.15, 0.2) is 0 Å². The Hall–Kier alpha value is -0.480. The van der Waals surface area contributed by atoms with Gasteiger partial charge in [-0.05, 0) is 31.0 Å². The van der Waals surface area contributed by atoms with Gasteiger partial charge in [-0.1, -0.05) is 15.9 Å². The summed E-state index contributed by atoms with van der Waals surface area (Å²) in [4.78, 5) is 13.1. The third-order valence-electron chi connectivity index (χ3n) is 3.03. The third kappa shape index (κ3) is 1.60. The summed E-state index contributed by atoms with van der Waals surface area (Å²) in [5.74, 6) is 1.12. The van der Waals surface area contributed by atoms with Crippen LogP contribution in [-0.2, 0) is 4.79 Å². The van der Waals surface area contributed by atoms with Crippen molar-refractivity contribution in [2.24, 2.45) is 5.41 Å². The van der Waals surface area contributed by atoms with Crippen molar-refractivity contribution in [3.05, 3.63) is 22.7 Å². The molecule has 0 unspecified atom stereocenters. The summed E-state index contributed by atoms with van der Waals surface area (Å²) < 4.78 is 1.06. The van der Waals surface area contributed by atoms with Crippen LogP contribution in [0, 0.1) is 5.41 Å². The van der Waals surface area contributed by atoms with Gasteiger partial charge in [0.05, 0.1) is 11.1 Å².